The first-order valence-electron chi connectivity index (χ1n) is 10.2. The Morgan fingerprint density at radius 2 is 1.83 bits per heavy atom. The number of anilines is 1. The lowest BCUT2D eigenvalue weighted by atomic mass is 9.95. The Kier molecular flexibility index (Phi) is 6.74. The molecule has 0 aliphatic carbocycles. The number of nitro groups is 1. The monoisotopic (exact) mass is 424 g/mol. The van der Waals surface area contributed by atoms with Crippen molar-refractivity contribution in [1.29, 1.82) is 0 Å². The van der Waals surface area contributed by atoms with Gasteiger partial charge in [0.25, 0.3) is 5.69 Å². The molecular formula is C19H28N4O5S. The van der Waals surface area contributed by atoms with Crippen molar-refractivity contribution in [1.82, 2.24) is 9.62 Å². The number of nitro benzene ring substituents is 1. The van der Waals surface area contributed by atoms with Crippen LogP contribution < -0.4 is 10.2 Å². The number of carbonyl (C=O) groups excluding carboxylic acids is 1. The first-order chi connectivity index (χ1) is 13.8. The molecule has 2 fully saturated rings. The van der Waals surface area contributed by atoms with Crippen molar-refractivity contribution >= 4 is 27.3 Å². The third-order valence-corrected chi connectivity index (χ3v) is 7.55. The fourth-order valence-electron chi connectivity index (χ4n) is 4.03. The second-order valence-corrected chi connectivity index (χ2v) is 9.47. The van der Waals surface area contributed by atoms with Crippen LogP contribution >= 0.6 is 0 Å². The second-order valence-electron chi connectivity index (χ2n) is 7.53. The van der Waals surface area contributed by atoms with Crippen molar-refractivity contribution in [2.75, 3.05) is 37.6 Å². The number of sulfonamides is 1. The molecule has 3 rings (SSSR count). The predicted molar refractivity (Wildman–Crippen MR) is 109 cm³/mol. The van der Waals surface area contributed by atoms with Crippen molar-refractivity contribution in [3.8, 4) is 0 Å². The van der Waals surface area contributed by atoms with Crippen LogP contribution in [0.4, 0.5) is 11.4 Å². The molecule has 1 amide bonds. The van der Waals surface area contributed by atoms with Gasteiger partial charge in [0, 0.05) is 44.7 Å². The van der Waals surface area contributed by atoms with Gasteiger partial charge in [0.15, 0.2) is 0 Å². The van der Waals surface area contributed by atoms with E-state index in [1.54, 1.807) is 0 Å². The van der Waals surface area contributed by atoms with Gasteiger partial charge >= 0.3 is 0 Å². The van der Waals surface area contributed by atoms with Crippen LogP contribution in [0.5, 0.6) is 0 Å². The summed E-state index contributed by atoms with van der Waals surface area (Å²) in [4.78, 5) is 25.0. The number of hydrogen-bond acceptors (Lipinski definition) is 6. The highest BCUT2D eigenvalue weighted by atomic mass is 32.2. The Balaban J connectivity index is 1.81. The Labute approximate surface area is 171 Å². The SMILES string of the molecule is CCNC(=O)C1CCN(c2ccc(S(=O)(=O)N3CCCCC3)cc2[N+](=O)[O-])CC1. The highest BCUT2D eigenvalue weighted by Gasteiger charge is 2.31. The molecule has 2 aliphatic heterocycles. The van der Waals surface area contributed by atoms with Crippen LogP contribution in [0.1, 0.15) is 39.0 Å². The first kappa shape index (κ1) is 21.5. The third-order valence-electron chi connectivity index (χ3n) is 5.65. The summed E-state index contributed by atoms with van der Waals surface area (Å²) >= 11 is 0. The van der Waals surface area contributed by atoms with E-state index in [9.17, 15) is 23.3 Å². The number of nitrogens with zero attached hydrogens (tertiary/aromatic N) is 3. The van der Waals surface area contributed by atoms with Gasteiger partial charge in [-0.05, 0) is 44.7 Å². The minimum atomic E-state index is -3.73. The summed E-state index contributed by atoms with van der Waals surface area (Å²) in [6.45, 7) is 4.38. The highest BCUT2D eigenvalue weighted by molar-refractivity contribution is 7.89. The number of piperidine rings is 2. The van der Waals surface area contributed by atoms with Gasteiger partial charge < -0.3 is 10.2 Å². The van der Waals surface area contributed by atoms with Gasteiger partial charge in [-0.1, -0.05) is 6.42 Å². The normalized spacial score (nSPS) is 19.1. The fraction of sp³-hybridized carbons (Fsp3) is 0.632. The van der Waals surface area contributed by atoms with Crippen LogP contribution in [0.25, 0.3) is 0 Å². The van der Waals surface area contributed by atoms with Crippen molar-refractivity contribution < 1.29 is 18.1 Å². The summed E-state index contributed by atoms with van der Waals surface area (Å²) in [5.74, 6) is -0.0753. The largest absolute Gasteiger partial charge is 0.366 e. The summed E-state index contributed by atoms with van der Waals surface area (Å²) in [5.41, 5.74) is 0.196. The molecule has 0 unspecified atom stereocenters. The van der Waals surface area contributed by atoms with Crippen molar-refractivity contribution in [2.24, 2.45) is 5.92 Å². The highest BCUT2D eigenvalue weighted by Crippen LogP contribution is 2.34. The van der Waals surface area contributed by atoms with Gasteiger partial charge in [0.05, 0.1) is 9.82 Å². The Morgan fingerprint density at radius 1 is 1.17 bits per heavy atom. The lowest BCUT2D eigenvalue weighted by Crippen LogP contribution is -2.40. The molecular weight excluding hydrogens is 396 g/mol. The van der Waals surface area contributed by atoms with Crippen LogP contribution in [0, 0.1) is 16.0 Å². The van der Waals surface area contributed by atoms with E-state index in [0.29, 0.717) is 51.3 Å². The molecule has 29 heavy (non-hydrogen) atoms. The molecule has 0 saturated carbocycles. The smallest absolute Gasteiger partial charge is 0.293 e. The third kappa shape index (κ3) is 4.69. The zero-order valence-corrected chi connectivity index (χ0v) is 17.5. The Bertz CT molecular complexity index is 859. The maximum atomic E-state index is 12.9. The van der Waals surface area contributed by atoms with Gasteiger partial charge in [-0.25, -0.2) is 8.42 Å². The molecule has 10 heteroatoms. The standard InChI is InChI=1S/C19H28N4O5S/c1-2-20-19(24)15-8-12-21(13-9-15)17-7-6-16(14-18(17)23(25)26)29(27,28)22-10-4-3-5-11-22/h6-7,14-15H,2-5,8-13H2,1H3,(H,20,24). The molecule has 0 radical (unpaired) electrons. The molecule has 2 saturated heterocycles. The lowest BCUT2D eigenvalue weighted by molar-refractivity contribution is -0.384. The van der Waals surface area contributed by atoms with Crippen LogP contribution in [0.3, 0.4) is 0 Å². The average Bonchev–Trinajstić information content (AvgIpc) is 2.74. The molecule has 1 N–H and O–H groups in total. The molecule has 2 aliphatic rings. The van der Waals surface area contributed by atoms with E-state index in [0.717, 1.165) is 19.3 Å². The van der Waals surface area contributed by atoms with Crippen LogP contribution in [0.15, 0.2) is 23.1 Å². The Hall–Kier alpha value is -2.20. The van der Waals surface area contributed by atoms with E-state index < -0.39 is 14.9 Å². The summed E-state index contributed by atoms with van der Waals surface area (Å²) < 4.78 is 27.2. The maximum absolute atomic E-state index is 12.9. The van der Waals surface area contributed by atoms with E-state index in [4.69, 9.17) is 0 Å². The summed E-state index contributed by atoms with van der Waals surface area (Å²) in [7, 11) is -3.73. The number of carbonyl (C=O) groups is 1. The van der Waals surface area contributed by atoms with E-state index in [-0.39, 0.29) is 22.4 Å². The van der Waals surface area contributed by atoms with Gasteiger partial charge in [-0.3, -0.25) is 14.9 Å². The topological polar surface area (TPSA) is 113 Å². The van der Waals surface area contributed by atoms with Gasteiger partial charge in [0.1, 0.15) is 5.69 Å². The molecule has 0 bridgehead atoms. The fourth-order valence-corrected chi connectivity index (χ4v) is 5.57. The molecule has 160 valence electrons. The number of hydrogen-bond donors (Lipinski definition) is 1. The van der Waals surface area contributed by atoms with Crippen molar-refractivity contribution in [3.63, 3.8) is 0 Å². The van der Waals surface area contributed by atoms with Crippen molar-refractivity contribution in [3.05, 3.63) is 28.3 Å². The maximum Gasteiger partial charge on any atom is 0.293 e. The Morgan fingerprint density at radius 3 is 2.41 bits per heavy atom. The van der Waals surface area contributed by atoms with E-state index in [1.807, 2.05) is 11.8 Å². The molecule has 0 aromatic heterocycles. The van der Waals surface area contributed by atoms with Crippen LogP contribution in [-0.2, 0) is 14.8 Å². The van der Waals surface area contributed by atoms with Crippen LogP contribution in [0.2, 0.25) is 0 Å². The molecule has 1 aromatic rings. The average molecular weight is 425 g/mol. The zero-order valence-electron chi connectivity index (χ0n) is 16.7. The second kappa shape index (κ2) is 9.08. The molecule has 2 heterocycles. The number of nitrogens with one attached hydrogen (secondary N) is 1. The summed E-state index contributed by atoms with van der Waals surface area (Å²) in [6, 6.07) is 4.17. The zero-order chi connectivity index (χ0) is 21.0. The van der Waals surface area contributed by atoms with Gasteiger partial charge in [0.2, 0.25) is 15.9 Å². The summed E-state index contributed by atoms with van der Waals surface area (Å²) in [6.07, 6.45) is 3.82. The molecule has 9 nitrogen and oxygen atoms in total. The van der Waals surface area contributed by atoms with Gasteiger partial charge in [-0.15, -0.1) is 0 Å². The molecule has 1 aromatic carbocycles. The minimum Gasteiger partial charge on any atom is -0.366 e. The first-order valence-corrected chi connectivity index (χ1v) is 11.6. The quantitative estimate of drug-likeness (QED) is 0.553. The molecule has 0 spiro atoms. The van der Waals surface area contributed by atoms with E-state index in [2.05, 4.69) is 5.32 Å². The lowest BCUT2D eigenvalue weighted by Gasteiger charge is -2.32. The van der Waals surface area contributed by atoms with Gasteiger partial charge in [-0.2, -0.15) is 4.31 Å². The number of rotatable bonds is 6. The summed E-state index contributed by atoms with van der Waals surface area (Å²) in [5, 5.41) is 14.5. The predicted octanol–water partition coefficient (Wildman–Crippen LogP) is 2.12. The number of amides is 1. The number of benzene rings is 1. The minimum absolute atomic E-state index is 0.0182. The van der Waals surface area contributed by atoms with Crippen molar-refractivity contribution in [2.45, 2.75) is 43.9 Å². The van der Waals surface area contributed by atoms with E-state index in [1.165, 1.54) is 22.5 Å². The molecule has 0 atom stereocenters. The van der Waals surface area contributed by atoms with Crippen LogP contribution in [-0.4, -0.2) is 56.3 Å². The van der Waals surface area contributed by atoms with E-state index >= 15 is 0 Å².